The fourth-order valence-corrected chi connectivity index (χ4v) is 2.34. The Balaban J connectivity index is 3.12. The predicted octanol–water partition coefficient (Wildman–Crippen LogP) is 3.43. The van der Waals surface area contributed by atoms with Crippen molar-refractivity contribution in [2.75, 3.05) is 6.61 Å². The smallest absolute Gasteiger partial charge is 0.466 e. The average Bonchev–Trinajstić information content (AvgIpc) is 2.30. The maximum Gasteiger partial charge on any atom is 0.574 e. The quantitative estimate of drug-likeness (QED) is 0.315. The molecule has 1 aromatic heterocycles. The number of ether oxygens (including phenoxy) is 2. The van der Waals surface area contributed by atoms with Crippen LogP contribution in [0.3, 0.4) is 0 Å². The number of hydrogen-bond acceptors (Lipinski definition) is 4. The van der Waals surface area contributed by atoms with E-state index in [1.54, 1.807) is 29.5 Å². The van der Waals surface area contributed by atoms with Crippen LogP contribution in [0, 0.1) is 3.70 Å². The first-order valence-corrected chi connectivity index (χ1v) is 7.03. The summed E-state index contributed by atoms with van der Waals surface area (Å²) < 4.78 is 45.7. The van der Waals surface area contributed by atoms with Crippen LogP contribution in [0.15, 0.2) is 6.07 Å². The highest BCUT2D eigenvalue weighted by atomic mass is 127. The van der Waals surface area contributed by atoms with E-state index in [0.717, 1.165) is 0 Å². The minimum absolute atomic E-state index is 0.0168. The Morgan fingerprint density at radius 3 is 2.60 bits per heavy atom. The number of halogens is 5. The van der Waals surface area contributed by atoms with E-state index in [4.69, 9.17) is 16.3 Å². The lowest BCUT2D eigenvalue weighted by atomic mass is 10.1. The summed E-state index contributed by atoms with van der Waals surface area (Å²) in [6.07, 6.45) is -5.25. The largest absolute Gasteiger partial charge is 0.574 e. The maximum absolute atomic E-state index is 12.3. The van der Waals surface area contributed by atoms with E-state index in [1.807, 2.05) is 0 Å². The minimum Gasteiger partial charge on any atom is -0.466 e. The molecule has 0 spiro atoms. The number of carbonyl (C=O) groups is 1. The molecule has 0 saturated carbocycles. The third-order valence-corrected chi connectivity index (χ3v) is 3.31. The Bertz CT molecular complexity index is 497. The molecule has 0 aliphatic rings. The Morgan fingerprint density at radius 1 is 1.45 bits per heavy atom. The third kappa shape index (κ3) is 5.31. The van der Waals surface area contributed by atoms with Crippen LogP contribution in [-0.4, -0.2) is 23.9 Å². The number of aromatic nitrogens is 1. The van der Waals surface area contributed by atoms with Crippen molar-refractivity contribution in [3.8, 4) is 5.88 Å². The molecular formula is C11H10ClF3INO3. The highest BCUT2D eigenvalue weighted by Gasteiger charge is 2.33. The summed E-state index contributed by atoms with van der Waals surface area (Å²) in [7, 11) is 0. The highest BCUT2D eigenvalue weighted by Crippen LogP contribution is 2.28. The van der Waals surface area contributed by atoms with Crippen LogP contribution < -0.4 is 4.74 Å². The van der Waals surface area contributed by atoms with Crippen molar-refractivity contribution < 1.29 is 27.4 Å². The summed E-state index contributed by atoms with van der Waals surface area (Å²) in [6.45, 7) is 1.73. The fraction of sp³-hybridized carbons (Fsp3) is 0.455. The van der Waals surface area contributed by atoms with Gasteiger partial charge in [0.05, 0.1) is 13.0 Å². The monoisotopic (exact) mass is 423 g/mol. The zero-order chi connectivity index (χ0) is 15.3. The molecule has 0 saturated heterocycles. The van der Waals surface area contributed by atoms with E-state index in [-0.39, 0.29) is 28.2 Å². The Labute approximate surface area is 131 Å². The molecule has 0 fully saturated rings. The van der Waals surface area contributed by atoms with E-state index in [9.17, 15) is 18.0 Å². The van der Waals surface area contributed by atoms with E-state index >= 15 is 0 Å². The molecule has 0 amide bonds. The first-order chi connectivity index (χ1) is 9.26. The number of carbonyl (C=O) groups excluding carboxylic acids is 1. The SMILES string of the molecule is CCOC(=O)Cc1cc(CCl)c(I)nc1OC(F)(F)F. The molecule has 1 heterocycles. The summed E-state index contributed by atoms with van der Waals surface area (Å²) in [4.78, 5) is 15.1. The molecule has 20 heavy (non-hydrogen) atoms. The summed E-state index contributed by atoms with van der Waals surface area (Å²) >= 11 is 7.41. The van der Waals surface area contributed by atoms with E-state index < -0.39 is 18.2 Å². The number of esters is 1. The molecule has 0 radical (unpaired) electrons. The van der Waals surface area contributed by atoms with Gasteiger partial charge in [0.2, 0.25) is 5.88 Å². The second-order valence-electron chi connectivity index (χ2n) is 3.57. The van der Waals surface area contributed by atoms with Crippen molar-refractivity contribution in [1.29, 1.82) is 0 Å². The van der Waals surface area contributed by atoms with Gasteiger partial charge in [-0.2, -0.15) is 0 Å². The molecule has 112 valence electrons. The summed E-state index contributed by atoms with van der Waals surface area (Å²) in [5.74, 6) is -1.26. The maximum atomic E-state index is 12.3. The van der Waals surface area contributed by atoms with Crippen LogP contribution in [0.1, 0.15) is 18.1 Å². The Kier molecular flexibility index (Phi) is 6.31. The standard InChI is InChI=1S/C11H10ClF3INO3/c1-2-19-8(18)4-6-3-7(5-12)9(16)17-10(6)20-11(13,14)15/h3H,2,4-5H2,1H3. The summed E-state index contributed by atoms with van der Waals surface area (Å²) in [5, 5.41) is 0. The lowest BCUT2D eigenvalue weighted by Gasteiger charge is -2.14. The minimum atomic E-state index is -4.89. The zero-order valence-corrected chi connectivity index (χ0v) is 13.2. The molecular weight excluding hydrogens is 413 g/mol. The lowest BCUT2D eigenvalue weighted by Crippen LogP contribution is -2.20. The van der Waals surface area contributed by atoms with Gasteiger partial charge in [-0.1, -0.05) is 0 Å². The van der Waals surface area contributed by atoms with Gasteiger partial charge in [0.15, 0.2) is 0 Å². The summed E-state index contributed by atoms with van der Waals surface area (Å²) in [6, 6.07) is 1.36. The van der Waals surface area contributed by atoms with Gasteiger partial charge in [0, 0.05) is 11.4 Å². The van der Waals surface area contributed by atoms with Crippen molar-refractivity contribution in [1.82, 2.24) is 4.98 Å². The van der Waals surface area contributed by atoms with Gasteiger partial charge in [-0.05, 0) is 41.1 Å². The number of pyridine rings is 1. The molecule has 0 bridgehead atoms. The first kappa shape index (κ1) is 17.3. The third-order valence-electron chi connectivity index (χ3n) is 2.08. The van der Waals surface area contributed by atoms with Gasteiger partial charge in [0.25, 0.3) is 0 Å². The van der Waals surface area contributed by atoms with Gasteiger partial charge in [-0.15, -0.1) is 24.8 Å². The van der Waals surface area contributed by atoms with Crippen LogP contribution >= 0.6 is 34.2 Å². The first-order valence-electron chi connectivity index (χ1n) is 5.42. The number of nitrogens with zero attached hydrogens (tertiary/aromatic N) is 1. The van der Waals surface area contributed by atoms with E-state index in [1.165, 1.54) is 6.07 Å². The number of hydrogen-bond donors (Lipinski definition) is 0. The molecule has 1 aromatic rings. The molecule has 0 aromatic carbocycles. The molecule has 9 heteroatoms. The van der Waals surface area contributed by atoms with Crippen LogP contribution in [-0.2, 0) is 21.8 Å². The van der Waals surface area contributed by atoms with Crippen LogP contribution in [0.5, 0.6) is 5.88 Å². The normalized spacial score (nSPS) is 11.3. The molecule has 0 N–H and O–H groups in total. The molecule has 0 atom stereocenters. The Hall–Kier alpha value is -0.770. The van der Waals surface area contributed by atoms with Crippen molar-refractivity contribution in [3.63, 3.8) is 0 Å². The van der Waals surface area contributed by atoms with Gasteiger partial charge >= 0.3 is 12.3 Å². The lowest BCUT2D eigenvalue weighted by molar-refractivity contribution is -0.276. The molecule has 0 aliphatic carbocycles. The van der Waals surface area contributed by atoms with Gasteiger partial charge in [0.1, 0.15) is 3.70 Å². The number of alkyl halides is 4. The second-order valence-corrected chi connectivity index (χ2v) is 4.85. The van der Waals surface area contributed by atoms with Gasteiger partial charge < -0.3 is 9.47 Å². The number of rotatable bonds is 5. The Morgan fingerprint density at radius 2 is 2.10 bits per heavy atom. The van der Waals surface area contributed by atoms with E-state index in [2.05, 4.69) is 9.72 Å². The van der Waals surface area contributed by atoms with Crippen molar-refractivity contribution in [2.24, 2.45) is 0 Å². The molecule has 4 nitrogen and oxygen atoms in total. The highest BCUT2D eigenvalue weighted by molar-refractivity contribution is 14.1. The molecule has 1 rings (SSSR count). The van der Waals surface area contributed by atoms with E-state index in [0.29, 0.717) is 5.56 Å². The van der Waals surface area contributed by atoms with Crippen LogP contribution in [0.2, 0.25) is 0 Å². The van der Waals surface area contributed by atoms with Crippen LogP contribution in [0.25, 0.3) is 0 Å². The van der Waals surface area contributed by atoms with Crippen molar-refractivity contribution in [3.05, 3.63) is 20.9 Å². The van der Waals surface area contributed by atoms with Gasteiger partial charge in [-0.3, -0.25) is 4.79 Å². The second kappa shape index (κ2) is 7.30. The molecule has 0 aliphatic heterocycles. The zero-order valence-electron chi connectivity index (χ0n) is 10.3. The fourth-order valence-electron chi connectivity index (χ4n) is 1.35. The van der Waals surface area contributed by atoms with Crippen molar-refractivity contribution in [2.45, 2.75) is 25.6 Å². The average molecular weight is 424 g/mol. The topological polar surface area (TPSA) is 48.4 Å². The van der Waals surface area contributed by atoms with Gasteiger partial charge in [-0.25, -0.2) is 4.98 Å². The molecule has 0 unspecified atom stereocenters. The summed E-state index contributed by atoms with van der Waals surface area (Å²) in [5.41, 5.74) is 0.498. The van der Waals surface area contributed by atoms with Crippen LogP contribution in [0.4, 0.5) is 13.2 Å². The van der Waals surface area contributed by atoms with Crippen molar-refractivity contribution >= 4 is 40.2 Å². The predicted molar refractivity (Wildman–Crippen MR) is 73.5 cm³/mol.